The van der Waals surface area contributed by atoms with Crippen molar-refractivity contribution < 1.29 is 35.1 Å². The summed E-state index contributed by atoms with van der Waals surface area (Å²) in [7, 11) is -0.382. The molecule has 0 radical (unpaired) electrons. The summed E-state index contributed by atoms with van der Waals surface area (Å²) in [5.74, 6) is -4.20. The Morgan fingerprint density at radius 2 is 1.67 bits per heavy atom. The monoisotopic (exact) mass is 686 g/mol. The summed E-state index contributed by atoms with van der Waals surface area (Å²) >= 11 is 0. The Bertz CT molecular complexity index is 2060. The van der Waals surface area contributed by atoms with Crippen LogP contribution in [-0.4, -0.2) is 58.4 Å². The van der Waals surface area contributed by atoms with Crippen LogP contribution in [0.3, 0.4) is 0 Å². The van der Waals surface area contributed by atoms with Gasteiger partial charge in [0.1, 0.15) is 12.3 Å². The molecule has 48 heavy (non-hydrogen) atoms. The molecule has 15 heteroatoms. The van der Waals surface area contributed by atoms with Gasteiger partial charge in [-0.3, -0.25) is 0 Å². The Labute approximate surface area is 273 Å². The van der Waals surface area contributed by atoms with Gasteiger partial charge in [0.05, 0.1) is 17.2 Å². The molecular formula is C33H31F5N6O3S. The molecule has 252 valence electrons. The van der Waals surface area contributed by atoms with Crippen LogP contribution >= 0.6 is 0 Å². The molecule has 0 aliphatic carbocycles. The summed E-state index contributed by atoms with van der Waals surface area (Å²) in [6.45, 7) is -0.207. The highest BCUT2D eigenvalue weighted by molar-refractivity contribution is 7.88. The maximum absolute atomic E-state index is 15.9. The number of hydrogen-bond donors (Lipinski definition) is 0. The molecule has 0 saturated carbocycles. The van der Waals surface area contributed by atoms with E-state index in [0.717, 1.165) is 5.56 Å². The molecule has 1 saturated heterocycles. The van der Waals surface area contributed by atoms with Crippen LogP contribution in [0.25, 0.3) is 22.3 Å². The van der Waals surface area contributed by atoms with Crippen molar-refractivity contribution in [3.05, 3.63) is 101 Å². The molecule has 9 nitrogen and oxygen atoms in total. The van der Waals surface area contributed by atoms with Gasteiger partial charge in [0.2, 0.25) is 16.0 Å². The Balaban J connectivity index is 1.34. The highest BCUT2D eigenvalue weighted by atomic mass is 32.2. The van der Waals surface area contributed by atoms with Gasteiger partial charge in [-0.25, -0.2) is 26.9 Å². The van der Waals surface area contributed by atoms with Crippen LogP contribution in [0.1, 0.15) is 35.6 Å². The van der Waals surface area contributed by atoms with E-state index in [0.29, 0.717) is 24.5 Å². The van der Waals surface area contributed by atoms with Gasteiger partial charge in [0.25, 0.3) is 0 Å². The van der Waals surface area contributed by atoms with Crippen LogP contribution in [0.2, 0.25) is 0 Å². The van der Waals surface area contributed by atoms with Crippen LogP contribution in [-0.2, 0) is 29.9 Å². The fourth-order valence-electron chi connectivity index (χ4n) is 6.02. The second kappa shape index (κ2) is 12.8. The van der Waals surface area contributed by atoms with Crippen LogP contribution < -0.4 is 9.64 Å². The summed E-state index contributed by atoms with van der Waals surface area (Å²) in [4.78, 5) is 10.7. The van der Waals surface area contributed by atoms with Gasteiger partial charge in [0.15, 0.2) is 23.0 Å². The smallest absolute Gasteiger partial charge is 0.419 e. The van der Waals surface area contributed by atoms with Crippen LogP contribution in [0, 0.1) is 11.6 Å². The number of rotatable bonds is 8. The number of nitrogens with zero attached hydrogens (tertiary/aromatic N) is 6. The lowest BCUT2D eigenvalue weighted by atomic mass is 9.94. The molecule has 2 aromatic heterocycles. The molecule has 2 atom stereocenters. The van der Waals surface area contributed by atoms with E-state index in [1.165, 1.54) is 28.5 Å². The van der Waals surface area contributed by atoms with E-state index in [-0.39, 0.29) is 47.9 Å². The SMILES string of the molecule is CN(c1ncc2c(-c3cc(C(F)(F)F)c(F)c(OCc4ccccc4)c3F)nn(C)c2n1)C1CCC(c2ccccc2)N(S(C)(=O)=O)C1. The fraction of sp³-hybridized carbons (Fsp3) is 0.303. The van der Waals surface area contributed by atoms with E-state index >= 15 is 8.78 Å². The molecule has 1 aliphatic heterocycles. The normalized spacial score (nSPS) is 17.5. The molecule has 0 bridgehead atoms. The van der Waals surface area contributed by atoms with Gasteiger partial charge in [0, 0.05) is 44.5 Å². The summed E-state index contributed by atoms with van der Waals surface area (Å²) in [6.07, 6.45) is -1.52. The van der Waals surface area contributed by atoms with Crippen molar-refractivity contribution >= 4 is 27.0 Å². The van der Waals surface area contributed by atoms with Gasteiger partial charge >= 0.3 is 6.18 Å². The molecule has 2 unspecified atom stereocenters. The Morgan fingerprint density at radius 1 is 1.00 bits per heavy atom. The van der Waals surface area contributed by atoms with Gasteiger partial charge in [-0.1, -0.05) is 60.7 Å². The third-order valence-corrected chi connectivity index (χ3v) is 9.76. The number of aromatic nitrogens is 4. The van der Waals surface area contributed by atoms with Gasteiger partial charge in [-0.15, -0.1) is 0 Å². The number of likely N-dealkylation sites (N-methyl/N-ethyl adjacent to an activating group) is 1. The number of sulfonamides is 1. The quantitative estimate of drug-likeness (QED) is 0.172. The lowest BCUT2D eigenvalue weighted by Crippen LogP contribution is -2.50. The van der Waals surface area contributed by atoms with Crippen molar-refractivity contribution in [1.82, 2.24) is 24.1 Å². The van der Waals surface area contributed by atoms with Crippen molar-refractivity contribution in [1.29, 1.82) is 0 Å². The Kier molecular flexibility index (Phi) is 8.85. The standard InChI is InChI=1S/C33H31F5N6O3S/c1-42(22-14-15-26(21-12-8-5-9-13-21)44(18-22)48(3,45)46)32-39-17-24-29(41-43(2)31(24)40-32)23-16-25(33(36,37)38)28(35)30(27(23)34)47-19-20-10-6-4-7-11-20/h4-13,16-17,22,26H,14-15,18-19H2,1-3H3. The molecule has 0 N–H and O–H groups in total. The lowest BCUT2D eigenvalue weighted by Gasteiger charge is -2.41. The van der Waals surface area contributed by atoms with Crippen LogP contribution in [0.5, 0.6) is 5.75 Å². The Hall–Kier alpha value is -4.63. The van der Waals surface area contributed by atoms with Crippen molar-refractivity contribution in [2.75, 3.05) is 24.7 Å². The first-order valence-corrected chi connectivity index (χ1v) is 16.8. The molecule has 0 amide bonds. The number of benzene rings is 3. The predicted molar refractivity (Wildman–Crippen MR) is 170 cm³/mol. The maximum Gasteiger partial charge on any atom is 0.419 e. The van der Waals surface area contributed by atoms with E-state index in [1.807, 2.05) is 30.3 Å². The average molecular weight is 687 g/mol. The number of hydrogen-bond acceptors (Lipinski definition) is 7. The van der Waals surface area contributed by atoms with Gasteiger partial charge < -0.3 is 9.64 Å². The minimum Gasteiger partial charge on any atom is -0.483 e. The first kappa shape index (κ1) is 33.3. The zero-order valence-electron chi connectivity index (χ0n) is 26.1. The number of piperidine rings is 1. The number of aryl methyl sites for hydroxylation is 1. The van der Waals surface area contributed by atoms with Crippen molar-refractivity contribution in [3.8, 4) is 17.0 Å². The fourth-order valence-corrected chi connectivity index (χ4v) is 7.15. The number of anilines is 1. The zero-order valence-corrected chi connectivity index (χ0v) is 26.9. The Morgan fingerprint density at radius 3 is 2.31 bits per heavy atom. The third kappa shape index (κ3) is 6.43. The number of fused-ring (bicyclic) bond motifs is 1. The molecule has 0 spiro atoms. The van der Waals surface area contributed by atoms with Gasteiger partial charge in [-0.2, -0.15) is 27.6 Å². The first-order chi connectivity index (χ1) is 22.7. The highest BCUT2D eigenvalue weighted by Gasteiger charge is 2.39. The maximum atomic E-state index is 15.9. The van der Waals surface area contributed by atoms with Crippen molar-refractivity contribution in [2.24, 2.45) is 7.05 Å². The molecule has 5 aromatic rings. The summed E-state index contributed by atoms with van der Waals surface area (Å²) in [5, 5.41) is 4.38. The second-order valence-corrected chi connectivity index (χ2v) is 13.6. The number of alkyl halides is 3. The number of halogens is 5. The van der Waals surface area contributed by atoms with E-state index in [9.17, 15) is 21.6 Å². The minimum atomic E-state index is -5.16. The summed E-state index contributed by atoms with van der Waals surface area (Å²) < 4.78 is 107. The van der Waals surface area contributed by atoms with Crippen molar-refractivity contribution in [2.45, 2.75) is 37.7 Å². The molecule has 1 fully saturated rings. The lowest BCUT2D eigenvalue weighted by molar-refractivity contribution is -0.140. The number of ether oxygens (including phenoxy) is 1. The average Bonchev–Trinajstić information content (AvgIpc) is 3.39. The summed E-state index contributed by atoms with van der Waals surface area (Å²) in [6, 6.07) is 17.3. The van der Waals surface area contributed by atoms with Crippen LogP contribution in [0.15, 0.2) is 72.9 Å². The van der Waals surface area contributed by atoms with E-state index < -0.39 is 44.7 Å². The van der Waals surface area contributed by atoms with Crippen molar-refractivity contribution in [3.63, 3.8) is 0 Å². The molecule has 6 rings (SSSR count). The molecule has 3 aromatic carbocycles. The van der Waals surface area contributed by atoms with Gasteiger partial charge in [-0.05, 0) is 30.0 Å². The predicted octanol–water partition coefficient (Wildman–Crippen LogP) is 6.51. The second-order valence-electron chi connectivity index (χ2n) is 11.7. The summed E-state index contributed by atoms with van der Waals surface area (Å²) in [5.41, 5.74) is -1.02. The minimum absolute atomic E-state index is 0.118. The van der Waals surface area contributed by atoms with E-state index in [4.69, 9.17) is 4.74 Å². The third-order valence-electron chi connectivity index (χ3n) is 8.50. The molecular weight excluding hydrogens is 655 g/mol. The molecule has 1 aliphatic rings. The van der Waals surface area contributed by atoms with Crippen LogP contribution in [0.4, 0.5) is 27.9 Å². The van der Waals surface area contributed by atoms with E-state index in [2.05, 4.69) is 15.1 Å². The topological polar surface area (TPSA) is 93.4 Å². The van der Waals surface area contributed by atoms with E-state index in [1.54, 1.807) is 42.3 Å². The first-order valence-electron chi connectivity index (χ1n) is 14.9. The zero-order chi connectivity index (χ0) is 34.4. The molecule has 3 heterocycles. The highest BCUT2D eigenvalue weighted by Crippen LogP contribution is 2.42. The largest absolute Gasteiger partial charge is 0.483 e.